The summed E-state index contributed by atoms with van der Waals surface area (Å²) < 4.78 is 5.09. The summed E-state index contributed by atoms with van der Waals surface area (Å²) >= 11 is 1.20. The van der Waals surface area contributed by atoms with Crippen LogP contribution in [0.2, 0.25) is 0 Å². The SMILES string of the molecule is CCOC(=O)c1sc2nc([C@@H](C)Nc3ccc([C@H](C)CC)cc3)[nH]c(=O)c2c1C. The number of fused-ring (bicyclic) bond motifs is 1. The molecule has 154 valence electrons. The molecule has 0 spiro atoms. The highest BCUT2D eigenvalue weighted by Crippen LogP contribution is 2.29. The van der Waals surface area contributed by atoms with Gasteiger partial charge in [0, 0.05) is 5.69 Å². The van der Waals surface area contributed by atoms with Crippen molar-refractivity contribution in [2.75, 3.05) is 11.9 Å². The average molecular weight is 414 g/mol. The van der Waals surface area contributed by atoms with Crippen LogP contribution in [0.5, 0.6) is 0 Å². The minimum absolute atomic E-state index is 0.199. The molecule has 3 aromatic rings. The number of esters is 1. The average Bonchev–Trinajstić information content (AvgIpc) is 3.05. The first-order valence-electron chi connectivity index (χ1n) is 9.92. The molecule has 7 heteroatoms. The van der Waals surface area contributed by atoms with Crippen molar-refractivity contribution < 1.29 is 9.53 Å². The lowest BCUT2D eigenvalue weighted by Crippen LogP contribution is -2.17. The summed E-state index contributed by atoms with van der Waals surface area (Å²) in [5, 5.41) is 3.83. The molecule has 0 amide bonds. The zero-order chi connectivity index (χ0) is 21.1. The van der Waals surface area contributed by atoms with Crippen LogP contribution in [0.25, 0.3) is 10.2 Å². The number of aryl methyl sites for hydroxylation is 1. The molecule has 2 aromatic heterocycles. The highest BCUT2D eigenvalue weighted by molar-refractivity contribution is 7.20. The second-order valence-corrected chi connectivity index (χ2v) is 8.20. The second kappa shape index (κ2) is 8.78. The first-order chi connectivity index (χ1) is 13.8. The Hall–Kier alpha value is -2.67. The van der Waals surface area contributed by atoms with Gasteiger partial charge in [-0.2, -0.15) is 0 Å². The van der Waals surface area contributed by atoms with E-state index in [4.69, 9.17) is 4.74 Å². The fourth-order valence-corrected chi connectivity index (χ4v) is 4.30. The minimum atomic E-state index is -0.415. The van der Waals surface area contributed by atoms with Crippen LogP contribution in [-0.2, 0) is 4.74 Å². The highest BCUT2D eigenvalue weighted by atomic mass is 32.1. The number of carbonyl (C=O) groups is 1. The van der Waals surface area contributed by atoms with E-state index in [1.165, 1.54) is 16.9 Å². The maximum absolute atomic E-state index is 12.7. The molecule has 1 aromatic carbocycles. The van der Waals surface area contributed by atoms with Crippen molar-refractivity contribution in [3.8, 4) is 0 Å². The number of benzene rings is 1. The molecular formula is C22H27N3O3S. The molecule has 3 rings (SSSR count). The van der Waals surface area contributed by atoms with Crippen LogP contribution in [0.4, 0.5) is 5.69 Å². The molecule has 0 aliphatic carbocycles. The van der Waals surface area contributed by atoms with Gasteiger partial charge in [0.05, 0.1) is 18.0 Å². The van der Waals surface area contributed by atoms with Crippen molar-refractivity contribution in [1.29, 1.82) is 0 Å². The van der Waals surface area contributed by atoms with E-state index in [1.807, 2.05) is 19.1 Å². The molecule has 0 fully saturated rings. The molecule has 6 nitrogen and oxygen atoms in total. The van der Waals surface area contributed by atoms with Crippen molar-refractivity contribution in [3.05, 3.63) is 56.4 Å². The predicted octanol–water partition coefficient (Wildman–Crippen LogP) is 5.16. The van der Waals surface area contributed by atoms with Gasteiger partial charge in [-0.05, 0) is 56.4 Å². The summed E-state index contributed by atoms with van der Waals surface area (Å²) in [7, 11) is 0. The number of anilines is 1. The maximum atomic E-state index is 12.7. The Balaban J connectivity index is 1.87. The fourth-order valence-electron chi connectivity index (χ4n) is 3.22. The maximum Gasteiger partial charge on any atom is 0.348 e. The van der Waals surface area contributed by atoms with Gasteiger partial charge in [-0.3, -0.25) is 4.79 Å². The highest BCUT2D eigenvalue weighted by Gasteiger charge is 2.21. The van der Waals surface area contributed by atoms with Crippen LogP contribution < -0.4 is 10.9 Å². The van der Waals surface area contributed by atoms with Crippen LogP contribution in [0.15, 0.2) is 29.1 Å². The molecule has 0 saturated carbocycles. The summed E-state index contributed by atoms with van der Waals surface area (Å²) in [5.74, 6) is 0.643. The monoisotopic (exact) mass is 413 g/mol. The Labute approximate surface area is 174 Å². The topological polar surface area (TPSA) is 84.1 Å². The molecule has 0 aliphatic rings. The first-order valence-corrected chi connectivity index (χ1v) is 10.7. The van der Waals surface area contributed by atoms with Crippen LogP contribution in [-0.4, -0.2) is 22.5 Å². The van der Waals surface area contributed by atoms with Crippen LogP contribution >= 0.6 is 11.3 Å². The Kier molecular flexibility index (Phi) is 6.37. The number of aromatic nitrogens is 2. The number of hydrogen-bond donors (Lipinski definition) is 2. The third-order valence-electron chi connectivity index (χ3n) is 5.17. The summed E-state index contributed by atoms with van der Waals surface area (Å²) in [5.41, 5.74) is 2.64. The number of ether oxygens (including phenoxy) is 1. The van der Waals surface area contributed by atoms with Gasteiger partial charge in [0.2, 0.25) is 0 Å². The minimum Gasteiger partial charge on any atom is -0.462 e. The van der Waals surface area contributed by atoms with Gasteiger partial charge in [0.25, 0.3) is 5.56 Å². The zero-order valence-corrected chi connectivity index (χ0v) is 18.3. The predicted molar refractivity (Wildman–Crippen MR) is 118 cm³/mol. The van der Waals surface area contributed by atoms with Crippen LogP contribution in [0.3, 0.4) is 0 Å². The van der Waals surface area contributed by atoms with Gasteiger partial charge in [-0.1, -0.05) is 26.0 Å². The zero-order valence-electron chi connectivity index (χ0n) is 17.5. The van der Waals surface area contributed by atoms with E-state index < -0.39 is 5.97 Å². The molecule has 29 heavy (non-hydrogen) atoms. The Bertz CT molecular complexity index is 1070. The number of nitrogens with one attached hydrogen (secondary N) is 2. The van der Waals surface area contributed by atoms with E-state index in [2.05, 4.69) is 41.3 Å². The van der Waals surface area contributed by atoms with Crippen molar-refractivity contribution in [1.82, 2.24) is 9.97 Å². The number of thiophene rings is 1. The van der Waals surface area contributed by atoms with Gasteiger partial charge in [0.15, 0.2) is 0 Å². The molecule has 0 aliphatic heterocycles. The van der Waals surface area contributed by atoms with E-state index in [0.29, 0.717) is 39.0 Å². The molecule has 2 N–H and O–H groups in total. The van der Waals surface area contributed by atoms with Gasteiger partial charge in [0.1, 0.15) is 15.5 Å². The van der Waals surface area contributed by atoms with Crippen LogP contribution in [0, 0.1) is 6.92 Å². The van der Waals surface area contributed by atoms with Gasteiger partial charge in [-0.15, -0.1) is 11.3 Å². The lowest BCUT2D eigenvalue weighted by molar-refractivity contribution is 0.0531. The van der Waals surface area contributed by atoms with E-state index in [0.717, 1.165) is 12.1 Å². The lowest BCUT2D eigenvalue weighted by atomic mass is 9.98. The number of hydrogen-bond acceptors (Lipinski definition) is 6. The molecule has 0 unspecified atom stereocenters. The molecule has 0 saturated heterocycles. The molecule has 2 atom stereocenters. The quantitative estimate of drug-likeness (QED) is 0.523. The first kappa shape index (κ1) is 21.0. The van der Waals surface area contributed by atoms with E-state index in [9.17, 15) is 9.59 Å². The van der Waals surface area contributed by atoms with Crippen molar-refractivity contribution in [2.45, 2.75) is 53.0 Å². The van der Waals surface area contributed by atoms with Crippen molar-refractivity contribution >= 4 is 33.2 Å². The number of rotatable bonds is 7. The Morgan fingerprint density at radius 1 is 1.24 bits per heavy atom. The van der Waals surface area contributed by atoms with Crippen LogP contribution in [0.1, 0.15) is 72.7 Å². The summed E-state index contributed by atoms with van der Waals surface area (Å²) in [6, 6.07) is 8.13. The van der Waals surface area contributed by atoms with E-state index >= 15 is 0 Å². The molecular weight excluding hydrogens is 386 g/mol. The number of H-pyrrole nitrogens is 1. The lowest BCUT2D eigenvalue weighted by Gasteiger charge is -2.16. The Morgan fingerprint density at radius 2 is 1.93 bits per heavy atom. The third kappa shape index (κ3) is 4.34. The summed E-state index contributed by atoms with van der Waals surface area (Å²) in [6.45, 7) is 10.1. The molecule has 0 bridgehead atoms. The van der Waals surface area contributed by atoms with E-state index in [1.54, 1.807) is 13.8 Å². The van der Waals surface area contributed by atoms with Gasteiger partial charge < -0.3 is 15.0 Å². The molecule has 0 radical (unpaired) electrons. The third-order valence-corrected chi connectivity index (χ3v) is 6.33. The fraction of sp³-hybridized carbons (Fsp3) is 0.409. The molecule has 2 heterocycles. The Morgan fingerprint density at radius 3 is 2.55 bits per heavy atom. The number of carbonyl (C=O) groups excluding carboxylic acids is 1. The second-order valence-electron chi connectivity index (χ2n) is 7.21. The number of nitrogens with zero attached hydrogens (tertiary/aromatic N) is 1. The van der Waals surface area contributed by atoms with E-state index in [-0.39, 0.29) is 11.6 Å². The largest absolute Gasteiger partial charge is 0.462 e. The van der Waals surface area contributed by atoms with Crippen molar-refractivity contribution in [3.63, 3.8) is 0 Å². The summed E-state index contributed by atoms with van der Waals surface area (Å²) in [4.78, 5) is 33.2. The normalized spacial score (nSPS) is 13.3. The smallest absolute Gasteiger partial charge is 0.348 e. The van der Waals surface area contributed by atoms with Crippen molar-refractivity contribution in [2.24, 2.45) is 0 Å². The number of aromatic amines is 1. The van der Waals surface area contributed by atoms with Gasteiger partial charge >= 0.3 is 5.97 Å². The standard InChI is InChI=1S/C22H27N3O3S/c1-6-12(3)15-8-10-16(11-9-15)23-14(5)19-24-20(26)17-13(4)18(22(27)28-7-2)29-21(17)25-19/h8-12,14,23H,6-7H2,1-5H3,(H,24,25,26)/t12-,14-/m1/s1. The van der Waals surface area contributed by atoms with Gasteiger partial charge in [-0.25, -0.2) is 9.78 Å². The summed E-state index contributed by atoms with van der Waals surface area (Å²) in [6.07, 6.45) is 1.10.